The Balaban J connectivity index is 1.98. The Hall–Kier alpha value is -2.50. The molecule has 0 radical (unpaired) electrons. The van der Waals surface area contributed by atoms with E-state index in [2.05, 4.69) is 0 Å². The van der Waals surface area contributed by atoms with Crippen molar-refractivity contribution in [3.8, 4) is 17.2 Å². The molecule has 5 nitrogen and oxygen atoms in total. The number of hydrogen-bond donors (Lipinski definition) is 0. The second kappa shape index (κ2) is 8.22. The van der Waals surface area contributed by atoms with E-state index in [1.807, 2.05) is 28.8 Å². The van der Waals surface area contributed by atoms with Gasteiger partial charge in [0.05, 0.1) is 19.3 Å². The van der Waals surface area contributed by atoms with Gasteiger partial charge in [0.1, 0.15) is 31.4 Å². The molecule has 1 aromatic heterocycles. The van der Waals surface area contributed by atoms with Crippen LogP contribution in [0, 0.1) is 6.92 Å². The smallest absolute Gasteiger partial charge is 0.223 e. The number of pyridine rings is 1. The fourth-order valence-electron chi connectivity index (χ4n) is 2.15. The number of halogens is 1. The molecule has 0 atom stereocenters. The van der Waals surface area contributed by atoms with Crippen molar-refractivity contribution in [1.82, 2.24) is 4.57 Å². The zero-order valence-corrected chi connectivity index (χ0v) is 13.3. The Kier molecular flexibility index (Phi) is 6.02. The van der Waals surface area contributed by atoms with Crippen molar-refractivity contribution >= 4 is 0 Å². The maximum absolute atomic E-state index is 12.2. The summed E-state index contributed by atoms with van der Waals surface area (Å²) in [5.74, 6) is 1.69. The van der Waals surface area contributed by atoms with Gasteiger partial charge in [-0.3, -0.25) is 4.79 Å². The fourth-order valence-corrected chi connectivity index (χ4v) is 2.15. The second-order valence-corrected chi connectivity index (χ2v) is 4.85. The summed E-state index contributed by atoms with van der Waals surface area (Å²) in [4.78, 5) is 11.7. The van der Waals surface area contributed by atoms with E-state index in [0.29, 0.717) is 18.8 Å². The Morgan fingerprint density at radius 2 is 1.74 bits per heavy atom. The summed E-state index contributed by atoms with van der Waals surface area (Å²) in [5, 5.41) is 0. The van der Waals surface area contributed by atoms with Gasteiger partial charge in [-0.25, -0.2) is 4.39 Å². The van der Waals surface area contributed by atoms with Gasteiger partial charge in [0.15, 0.2) is 5.75 Å². The van der Waals surface area contributed by atoms with E-state index in [4.69, 9.17) is 14.2 Å². The van der Waals surface area contributed by atoms with Crippen LogP contribution < -0.4 is 19.6 Å². The molecule has 124 valence electrons. The highest BCUT2D eigenvalue weighted by atomic mass is 19.1. The molecule has 6 heteroatoms. The normalized spacial score (nSPS) is 10.4. The molecule has 0 saturated heterocycles. The van der Waals surface area contributed by atoms with Crippen LogP contribution in [-0.4, -0.2) is 31.6 Å². The number of aromatic nitrogens is 1. The first kappa shape index (κ1) is 16.9. The molecule has 0 bridgehead atoms. The molecule has 0 unspecified atom stereocenters. The summed E-state index contributed by atoms with van der Waals surface area (Å²) in [6.07, 6.45) is 1.68. The van der Waals surface area contributed by atoms with E-state index >= 15 is 0 Å². The first-order chi connectivity index (χ1) is 11.2. The average molecular weight is 321 g/mol. The first-order valence-electron chi connectivity index (χ1n) is 7.31. The third-order valence-electron chi connectivity index (χ3n) is 3.37. The van der Waals surface area contributed by atoms with Gasteiger partial charge in [-0.05, 0) is 31.2 Å². The number of alkyl halides is 1. The molecule has 23 heavy (non-hydrogen) atoms. The predicted octanol–water partition coefficient (Wildman–Crippen LogP) is 2.59. The minimum Gasteiger partial charge on any atom is -0.497 e. The van der Waals surface area contributed by atoms with Crippen molar-refractivity contribution in [2.45, 2.75) is 13.5 Å². The molecule has 0 N–H and O–H groups in total. The zero-order chi connectivity index (χ0) is 16.7. The Labute approximate surface area is 134 Å². The van der Waals surface area contributed by atoms with Crippen LogP contribution in [-0.2, 0) is 6.54 Å². The quantitative estimate of drug-likeness (QED) is 0.750. The molecular formula is C17H20FNO4. The van der Waals surface area contributed by atoms with E-state index in [1.165, 1.54) is 6.07 Å². The Morgan fingerprint density at radius 3 is 2.39 bits per heavy atom. The molecule has 0 aliphatic rings. The molecule has 0 spiro atoms. The Bertz CT molecular complexity index is 682. The molecular weight excluding hydrogens is 301 g/mol. The summed E-state index contributed by atoms with van der Waals surface area (Å²) in [7, 11) is 1.61. The number of benzene rings is 1. The lowest BCUT2D eigenvalue weighted by atomic mass is 10.3. The van der Waals surface area contributed by atoms with Gasteiger partial charge in [0.25, 0.3) is 0 Å². The molecule has 2 rings (SSSR count). The van der Waals surface area contributed by atoms with E-state index in [-0.39, 0.29) is 17.8 Å². The van der Waals surface area contributed by atoms with Gasteiger partial charge < -0.3 is 18.8 Å². The Morgan fingerprint density at radius 1 is 1.04 bits per heavy atom. The number of ether oxygens (including phenoxy) is 3. The summed E-state index contributed by atoms with van der Waals surface area (Å²) in [6.45, 7) is 1.99. The van der Waals surface area contributed by atoms with Crippen molar-refractivity contribution < 1.29 is 18.6 Å². The standard InChI is InChI=1S/C17H20FNO4/c1-13-17(23-11-8-18)16(20)7-9-19(13)10-12-22-15-5-3-14(21-2)4-6-15/h3-7,9H,8,10-12H2,1-2H3. The highest BCUT2D eigenvalue weighted by Crippen LogP contribution is 2.17. The first-order valence-corrected chi connectivity index (χ1v) is 7.31. The molecule has 0 saturated carbocycles. The largest absolute Gasteiger partial charge is 0.497 e. The average Bonchev–Trinajstić information content (AvgIpc) is 2.57. The van der Waals surface area contributed by atoms with Crippen molar-refractivity contribution in [2.75, 3.05) is 27.0 Å². The van der Waals surface area contributed by atoms with Crippen LogP contribution in [0.2, 0.25) is 0 Å². The van der Waals surface area contributed by atoms with Crippen LogP contribution in [0.1, 0.15) is 5.69 Å². The zero-order valence-electron chi connectivity index (χ0n) is 13.3. The maximum Gasteiger partial charge on any atom is 0.223 e. The van der Waals surface area contributed by atoms with E-state index < -0.39 is 6.67 Å². The third-order valence-corrected chi connectivity index (χ3v) is 3.37. The predicted molar refractivity (Wildman–Crippen MR) is 85.4 cm³/mol. The molecule has 1 aromatic carbocycles. The molecule has 0 amide bonds. The molecule has 0 fully saturated rings. The van der Waals surface area contributed by atoms with Crippen molar-refractivity contribution in [1.29, 1.82) is 0 Å². The monoisotopic (exact) mass is 321 g/mol. The SMILES string of the molecule is COc1ccc(OCCn2ccc(=O)c(OCCF)c2C)cc1. The van der Waals surface area contributed by atoms with Gasteiger partial charge in [0, 0.05) is 12.3 Å². The lowest BCUT2D eigenvalue weighted by Gasteiger charge is -2.15. The van der Waals surface area contributed by atoms with Gasteiger partial charge >= 0.3 is 0 Å². The molecule has 0 aliphatic carbocycles. The van der Waals surface area contributed by atoms with E-state index in [0.717, 1.165) is 11.5 Å². The van der Waals surface area contributed by atoms with Crippen LogP contribution >= 0.6 is 0 Å². The van der Waals surface area contributed by atoms with Gasteiger partial charge in [-0.2, -0.15) is 0 Å². The topological polar surface area (TPSA) is 49.7 Å². The van der Waals surface area contributed by atoms with Crippen molar-refractivity contribution in [2.24, 2.45) is 0 Å². The number of nitrogens with zero attached hydrogens (tertiary/aromatic N) is 1. The van der Waals surface area contributed by atoms with Crippen molar-refractivity contribution in [3.63, 3.8) is 0 Å². The van der Waals surface area contributed by atoms with E-state index in [9.17, 15) is 9.18 Å². The van der Waals surface area contributed by atoms with Gasteiger partial charge in [0.2, 0.25) is 5.43 Å². The number of hydrogen-bond acceptors (Lipinski definition) is 4. The highest BCUT2D eigenvalue weighted by molar-refractivity contribution is 5.31. The van der Waals surface area contributed by atoms with Crippen molar-refractivity contribution in [3.05, 3.63) is 52.4 Å². The van der Waals surface area contributed by atoms with Crippen LogP contribution in [0.25, 0.3) is 0 Å². The minimum absolute atomic E-state index is 0.123. The van der Waals surface area contributed by atoms with E-state index in [1.54, 1.807) is 20.2 Å². The lowest BCUT2D eigenvalue weighted by molar-refractivity contribution is 0.263. The molecule has 0 aliphatic heterocycles. The highest BCUT2D eigenvalue weighted by Gasteiger charge is 2.08. The van der Waals surface area contributed by atoms with Crippen LogP contribution in [0.15, 0.2) is 41.3 Å². The summed E-state index contributed by atoms with van der Waals surface area (Å²) >= 11 is 0. The van der Waals surface area contributed by atoms with Gasteiger partial charge in [-0.15, -0.1) is 0 Å². The number of rotatable bonds is 8. The van der Waals surface area contributed by atoms with Crippen LogP contribution in [0.3, 0.4) is 0 Å². The second-order valence-electron chi connectivity index (χ2n) is 4.85. The summed E-state index contributed by atoms with van der Waals surface area (Å²) < 4.78 is 30.0. The summed E-state index contributed by atoms with van der Waals surface area (Å²) in [6, 6.07) is 8.71. The minimum atomic E-state index is -0.631. The van der Waals surface area contributed by atoms with Crippen LogP contribution in [0.4, 0.5) is 4.39 Å². The molecule has 1 heterocycles. The fraction of sp³-hybridized carbons (Fsp3) is 0.353. The molecule has 2 aromatic rings. The maximum atomic E-state index is 12.2. The third kappa shape index (κ3) is 4.48. The van der Waals surface area contributed by atoms with Crippen LogP contribution in [0.5, 0.6) is 17.2 Å². The lowest BCUT2D eigenvalue weighted by Crippen LogP contribution is -2.18. The number of methoxy groups -OCH3 is 1. The summed E-state index contributed by atoms with van der Waals surface area (Å²) in [5.41, 5.74) is 0.410. The van der Waals surface area contributed by atoms with Gasteiger partial charge in [-0.1, -0.05) is 0 Å².